The number of ether oxygens (including phenoxy) is 1. The van der Waals surface area contributed by atoms with E-state index in [1.54, 1.807) is 7.11 Å². The number of para-hydroxylation sites is 1. The van der Waals surface area contributed by atoms with Gasteiger partial charge < -0.3 is 15.0 Å². The summed E-state index contributed by atoms with van der Waals surface area (Å²) in [5.74, 6) is 1.01. The number of rotatable bonds is 5. The third kappa shape index (κ3) is 2.76. The predicted octanol–water partition coefficient (Wildman–Crippen LogP) is 3.11. The van der Waals surface area contributed by atoms with Crippen molar-refractivity contribution in [1.29, 1.82) is 0 Å². The topological polar surface area (TPSA) is 74.2 Å². The van der Waals surface area contributed by atoms with Crippen LogP contribution < -0.4 is 5.73 Å². The number of nitrogen functional groups attached to an aromatic ring is 1. The normalized spacial score (nSPS) is 12.6. The van der Waals surface area contributed by atoms with E-state index >= 15 is 0 Å². The lowest BCUT2D eigenvalue weighted by atomic mass is 10.1. The van der Waals surface area contributed by atoms with Gasteiger partial charge in [0.1, 0.15) is 6.10 Å². The van der Waals surface area contributed by atoms with Crippen LogP contribution in [0.15, 0.2) is 22.7 Å². The van der Waals surface area contributed by atoms with Crippen LogP contribution in [0.1, 0.15) is 37.3 Å². The summed E-state index contributed by atoms with van der Waals surface area (Å²) in [6.45, 7) is 4.04. The third-order valence-electron chi connectivity index (χ3n) is 3.12. The van der Waals surface area contributed by atoms with E-state index in [2.05, 4.69) is 17.1 Å². The van der Waals surface area contributed by atoms with E-state index in [0.29, 0.717) is 17.4 Å². The quantitative estimate of drug-likeness (QED) is 0.837. The summed E-state index contributed by atoms with van der Waals surface area (Å²) in [7, 11) is 1.65. The van der Waals surface area contributed by atoms with Crippen LogP contribution in [0.4, 0.5) is 5.69 Å². The van der Waals surface area contributed by atoms with Crippen molar-refractivity contribution in [3.05, 3.63) is 29.6 Å². The van der Waals surface area contributed by atoms with E-state index in [1.165, 1.54) is 0 Å². The summed E-state index contributed by atoms with van der Waals surface area (Å²) in [6.07, 6.45) is 1.72. The fraction of sp³-hybridized carbons (Fsp3) is 0.429. The van der Waals surface area contributed by atoms with Crippen LogP contribution in [0.3, 0.4) is 0 Å². The molecule has 1 atom stereocenters. The zero-order valence-electron chi connectivity index (χ0n) is 11.5. The van der Waals surface area contributed by atoms with Crippen LogP contribution in [0.5, 0.6) is 0 Å². The average molecular weight is 261 g/mol. The van der Waals surface area contributed by atoms with Crippen molar-refractivity contribution < 1.29 is 9.26 Å². The van der Waals surface area contributed by atoms with Gasteiger partial charge in [0.2, 0.25) is 5.82 Å². The molecule has 0 amide bonds. The molecule has 0 aliphatic rings. The van der Waals surface area contributed by atoms with Gasteiger partial charge >= 0.3 is 0 Å². The second-order valence-corrected chi connectivity index (χ2v) is 4.51. The molecule has 0 fully saturated rings. The molecule has 1 aromatic carbocycles. The molecule has 1 heterocycles. The number of benzene rings is 1. The monoisotopic (exact) mass is 261 g/mol. The molecule has 0 saturated carbocycles. The molecule has 5 nitrogen and oxygen atoms in total. The van der Waals surface area contributed by atoms with Crippen LogP contribution in [-0.2, 0) is 4.74 Å². The summed E-state index contributed by atoms with van der Waals surface area (Å²) in [5.41, 5.74) is 8.46. The van der Waals surface area contributed by atoms with Crippen molar-refractivity contribution in [3.63, 3.8) is 0 Å². The summed E-state index contributed by atoms with van der Waals surface area (Å²) >= 11 is 0. The minimum absolute atomic E-state index is 0.131. The van der Waals surface area contributed by atoms with E-state index in [9.17, 15) is 0 Å². The number of nitrogens with zero attached hydrogens (tertiary/aromatic N) is 2. The summed E-state index contributed by atoms with van der Waals surface area (Å²) in [5, 5.41) is 3.99. The van der Waals surface area contributed by atoms with Gasteiger partial charge in [-0.1, -0.05) is 30.6 Å². The molecule has 2 aromatic rings. The lowest BCUT2D eigenvalue weighted by Gasteiger charge is -2.08. The minimum Gasteiger partial charge on any atom is -0.398 e. The zero-order chi connectivity index (χ0) is 13.8. The Balaban J connectivity index is 2.32. The molecule has 0 aliphatic heterocycles. The lowest BCUT2D eigenvalue weighted by molar-refractivity contribution is 0.0854. The van der Waals surface area contributed by atoms with Crippen molar-refractivity contribution >= 4 is 5.69 Å². The first-order chi connectivity index (χ1) is 9.17. The first-order valence-corrected chi connectivity index (χ1v) is 6.39. The highest BCUT2D eigenvalue weighted by Gasteiger charge is 2.19. The van der Waals surface area contributed by atoms with Gasteiger partial charge in [-0.3, -0.25) is 0 Å². The van der Waals surface area contributed by atoms with Gasteiger partial charge in [-0.15, -0.1) is 0 Å². The molecule has 0 radical (unpaired) electrons. The van der Waals surface area contributed by atoms with Crippen LogP contribution in [-0.4, -0.2) is 17.3 Å². The lowest BCUT2D eigenvalue weighted by Crippen LogP contribution is -2.03. The van der Waals surface area contributed by atoms with Gasteiger partial charge in [0.05, 0.1) is 5.56 Å². The van der Waals surface area contributed by atoms with Gasteiger partial charge in [0, 0.05) is 12.8 Å². The van der Waals surface area contributed by atoms with E-state index in [4.69, 9.17) is 15.0 Å². The molecule has 0 saturated heterocycles. The molecule has 1 aromatic heterocycles. The summed E-state index contributed by atoms with van der Waals surface area (Å²) in [4.78, 5) is 4.39. The number of anilines is 1. The second kappa shape index (κ2) is 5.84. The van der Waals surface area contributed by atoms with Crippen LogP contribution in [0, 0.1) is 6.92 Å². The Kier molecular flexibility index (Phi) is 4.16. The van der Waals surface area contributed by atoms with Crippen molar-refractivity contribution in [3.8, 4) is 11.5 Å². The molecule has 1 unspecified atom stereocenters. The van der Waals surface area contributed by atoms with Gasteiger partial charge in [-0.2, -0.15) is 4.98 Å². The number of nitrogens with two attached hydrogens (primary N) is 1. The first-order valence-electron chi connectivity index (χ1n) is 6.39. The smallest absolute Gasteiger partial charge is 0.260 e. The van der Waals surface area contributed by atoms with E-state index < -0.39 is 0 Å². The maximum absolute atomic E-state index is 6.03. The maximum Gasteiger partial charge on any atom is 0.260 e. The predicted molar refractivity (Wildman–Crippen MR) is 73.5 cm³/mol. The highest BCUT2D eigenvalue weighted by Crippen LogP contribution is 2.28. The SMILES string of the molecule is CCCC(OC)c1noc(-c2cccc(C)c2N)n1. The first kappa shape index (κ1) is 13.5. The Hall–Kier alpha value is -1.88. The number of aryl methyl sites for hydroxylation is 1. The molecule has 0 bridgehead atoms. The molecular weight excluding hydrogens is 242 g/mol. The number of hydrogen-bond acceptors (Lipinski definition) is 5. The van der Waals surface area contributed by atoms with Gasteiger partial charge in [-0.05, 0) is 25.0 Å². The third-order valence-corrected chi connectivity index (χ3v) is 3.12. The molecular formula is C14H19N3O2. The van der Waals surface area contributed by atoms with Gasteiger partial charge in [0.25, 0.3) is 5.89 Å². The Morgan fingerprint density at radius 2 is 2.21 bits per heavy atom. The Morgan fingerprint density at radius 1 is 1.42 bits per heavy atom. The van der Waals surface area contributed by atoms with E-state index in [-0.39, 0.29) is 6.10 Å². The van der Waals surface area contributed by atoms with Gasteiger partial charge in [0.15, 0.2) is 0 Å². The average Bonchev–Trinajstić information content (AvgIpc) is 2.88. The van der Waals surface area contributed by atoms with Crippen molar-refractivity contribution in [2.45, 2.75) is 32.8 Å². The fourth-order valence-electron chi connectivity index (χ4n) is 1.96. The molecule has 5 heteroatoms. The van der Waals surface area contributed by atoms with Crippen molar-refractivity contribution in [2.24, 2.45) is 0 Å². The summed E-state index contributed by atoms with van der Waals surface area (Å²) < 4.78 is 10.7. The van der Waals surface area contributed by atoms with Crippen LogP contribution >= 0.6 is 0 Å². The van der Waals surface area contributed by atoms with Crippen molar-refractivity contribution in [1.82, 2.24) is 10.1 Å². The highest BCUT2D eigenvalue weighted by atomic mass is 16.5. The van der Waals surface area contributed by atoms with Crippen LogP contribution in [0.2, 0.25) is 0 Å². The second-order valence-electron chi connectivity index (χ2n) is 4.51. The number of methoxy groups -OCH3 is 1. The largest absolute Gasteiger partial charge is 0.398 e. The zero-order valence-corrected chi connectivity index (χ0v) is 11.5. The standard InChI is InChI=1S/C14H19N3O2/c1-4-6-11(18-3)13-16-14(19-17-13)10-8-5-7-9(2)12(10)15/h5,7-8,11H,4,6,15H2,1-3H3. The number of aromatic nitrogens is 2. The fourth-order valence-corrected chi connectivity index (χ4v) is 1.96. The molecule has 19 heavy (non-hydrogen) atoms. The molecule has 0 spiro atoms. The van der Waals surface area contributed by atoms with E-state index in [0.717, 1.165) is 24.0 Å². The summed E-state index contributed by atoms with van der Waals surface area (Å²) in [6, 6.07) is 5.75. The Labute approximate surface area is 112 Å². The van der Waals surface area contributed by atoms with E-state index in [1.807, 2.05) is 25.1 Å². The van der Waals surface area contributed by atoms with Crippen molar-refractivity contribution in [2.75, 3.05) is 12.8 Å². The molecule has 102 valence electrons. The number of hydrogen-bond donors (Lipinski definition) is 1. The Morgan fingerprint density at radius 3 is 2.89 bits per heavy atom. The van der Waals surface area contributed by atoms with Crippen LogP contribution in [0.25, 0.3) is 11.5 Å². The highest BCUT2D eigenvalue weighted by molar-refractivity contribution is 5.73. The molecule has 0 aliphatic carbocycles. The maximum atomic E-state index is 6.03. The Bertz CT molecular complexity index is 551. The minimum atomic E-state index is -0.131. The molecule has 2 rings (SSSR count). The molecule has 2 N–H and O–H groups in total. The van der Waals surface area contributed by atoms with Gasteiger partial charge in [-0.25, -0.2) is 0 Å².